The summed E-state index contributed by atoms with van der Waals surface area (Å²) in [5, 5.41) is 10.2. The van der Waals surface area contributed by atoms with Crippen LogP contribution in [-0.2, 0) is 4.74 Å². The number of nitrogens with one attached hydrogen (secondary N) is 2. The minimum atomic E-state index is 0.111. The van der Waals surface area contributed by atoms with Crippen LogP contribution in [0, 0.1) is 6.92 Å². The lowest BCUT2D eigenvalue weighted by Crippen LogP contribution is -2.04. The summed E-state index contributed by atoms with van der Waals surface area (Å²) in [6, 6.07) is 13.5. The average molecular weight is 337 g/mol. The van der Waals surface area contributed by atoms with Crippen molar-refractivity contribution in [1.82, 2.24) is 20.2 Å². The van der Waals surface area contributed by atoms with Gasteiger partial charge >= 0.3 is 0 Å². The summed E-state index contributed by atoms with van der Waals surface area (Å²) in [5.74, 6) is 2.19. The summed E-state index contributed by atoms with van der Waals surface area (Å²) in [5.41, 5.74) is 2.02. The third-order valence-electron chi connectivity index (χ3n) is 3.23. The van der Waals surface area contributed by atoms with Gasteiger partial charge in [0, 0.05) is 24.9 Å². The predicted molar refractivity (Wildman–Crippen MR) is 96.5 cm³/mol. The summed E-state index contributed by atoms with van der Waals surface area (Å²) in [4.78, 5) is 8.84. The molecule has 2 heterocycles. The molecule has 0 radical (unpaired) electrons. The van der Waals surface area contributed by atoms with E-state index in [0.29, 0.717) is 23.3 Å². The summed E-state index contributed by atoms with van der Waals surface area (Å²) in [6.07, 6.45) is 3.77. The first kappa shape index (κ1) is 16.7. The van der Waals surface area contributed by atoms with Crippen molar-refractivity contribution in [2.45, 2.75) is 6.92 Å². The number of rotatable bonds is 7. The van der Waals surface area contributed by atoms with Crippen molar-refractivity contribution in [1.29, 1.82) is 0 Å². The third-order valence-corrected chi connectivity index (χ3v) is 3.23. The number of hydrogen-bond acceptors (Lipinski definition) is 6. The lowest BCUT2D eigenvalue weighted by Gasteiger charge is -2.08. The molecular weight excluding hydrogens is 318 g/mol. The Bertz CT molecular complexity index is 846. The number of nitrogens with zero attached hydrogens (tertiary/aromatic N) is 3. The van der Waals surface area contributed by atoms with E-state index >= 15 is 0 Å². The summed E-state index contributed by atoms with van der Waals surface area (Å²) >= 11 is 0. The minimum absolute atomic E-state index is 0.111. The molecule has 1 aromatic carbocycles. The molecular formula is C18H19N5O2. The van der Waals surface area contributed by atoms with Crippen LogP contribution in [0.25, 0.3) is 12.2 Å². The Labute approximate surface area is 145 Å². The summed E-state index contributed by atoms with van der Waals surface area (Å²) in [6.45, 7) is 2.04. The molecule has 0 unspecified atom stereocenters. The fraction of sp³-hybridized carbons (Fsp3) is 0.167. The number of aromatic amines is 1. The molecule has 2 N–H and O–H groups in total. The van der Waals surface area contributed by atoms with E-state index in [-0.39, 0.29) is 6.79 Å². The first-order valence-electron chi connectivity index (χ1n) is 7.76. The van der Waals surface area contributed by atoms with Crippen LogP contribution < -0.4 is 10.1 Å². The van der Waals surface area contributed by atoms with Crippen molar-refractivity contribution in [2.24, 2.45) is 0 Å². The number of anilines is 2. The summed E-state index contributed by atoms with van der Waals surface area (Å²) in [7, 11) is 1.56. The van der Waals surface area contributed by atoms with Gasteiger partial charge in [-0.2, -0.15) is 10.1 Å². The molecule has 0 saturated carbocycles. The topological polar surface area (TPSA) is 85.0 Å². The maximum atomic E-state index is 5.46. The van der Waals surface area contributed by atoms with Crippen molar-refractivity contribution >= 4 is 23.8 Å². The first-order valence-corrected chi connectivity index (χ1v) is 7.76. The number of aromatic nitrogens is 4. The Morgan fingerprint density at radius 1 is 1.08 bits per heavy atom. The highest BCUT2D eigenvalue weighted by Crippen LogP contribution is 2.19. The molecule has 0 spiro atoms. The van der Waals surface area contributed by atoms with E-state index in [1.165, 1.54) is 0 Å². The molecule has 2 aromatic heterocycles. The van der Waals surface area contributed by atoms with Crippen LogP contribution in [0.5, 0.6) is 5.88 Å². The van der Waals surface area contributed by atoms with Gasteiger partial charge in [-0.1, -0.05) is 36.4 Å². The molecule has 0 bridgehead atoms. The van der Waals surface area contributed by atoms with E-state index in [1.807, 2.05) is 55.5 Å². The fourth-order valence-corrected chi connectivity index (χ4v) is 2.12. The number of ether oxygens (including phenoxy) is 2. The van der Waals surface area contributed by atoms with Gasteiger partial charge in [-0.05, 0) is 18.6 Å². The molecule has 0 fully saturated rings. The van der Waals surface area contributed by atoms with E-state index in [1.54, 1.807) is 13.2 Å². The predicted octanol–water partition coefficient (Wildman–Crippen LogP) is 3.40. The van der Waals surface area contributed by atoms with Crippen molar-refractivity contribution in [3.05, 3.63) is 59.5 Å². The molecule has 7 heteroatoms. The van der Waals surface area contributed by atoms with Crippen molar-refractivity contribution < 1.29 is 9.47 Å². The molecule has 0 atom stereocenters. The first-order chi connectivity index (χ1) is 12.2. The van der Waals surface area contributed by atoms with Crippen LogP contribution >= 0.6 is 0 Å². The van der Waals surface area contributed by atoms with Gasteiger partial charge < -0.3 is 14.8 Å². The highest BCUT2D eigenvalue weighted by molar-refractivity contribution is 5.67. The largest absolute Gasteiger partial charge is 0.450 e. The van der Waals surface area contributed by atoms with Gasteiger partial charge in [0.05, 0.1) is 0 Å². The molecule has 0 aliphatic heterocycles. The monoisotopic (exact) mass is 337 g/mol. The van der Waals surface area contributed by atoms with Crippen molar-refractivity contribution in [2.75, 3.05) is 19.2 Å². The second-order valence-electron chi connectivity index (χ2n) is 5.31. The van der Waals surface area contributed by atoms with Gasteiger partial charge in [0.25, 0.3) is 0 Å². The Hall–Kier alpha value is -3.19. The molecule has 128 valence electrons. The van der Waals surface area contributed by atoms with E-state index < -0.39 is 0 Å². The molecule has 3 aromatic rings. The van der Waals surface area contributed by atoms with Crippen LogP contribution in [-0.4, -0.2) is 34.1 Å². The van der Waals surface area contributed by atoms with Crippen LogP contribution in [0.2, 0.25) is 0 Å². The van der Waals surface area contributed by atoms with Crippen molar-refractivity contribution in [3.8, 4) is 5.88 Å². The zero-order chi connectivity index (χ0) is 17.5. The van der Waals surface area contributed by atoms with E-state index in [9.17, 15) is 0 Å². The maximum absolute atomic E-state index is 5.46. The second kappa shape index (κ2) is 8.07. The van der Waals surface area contributed by atoms with Gasteiger partial charge in [-0.25, -0.2) is 4.98 Å². The van der Waals surface area contributed by atoms with Crippen LogP contribution in [0.15, 0.2) is 42.5 Å². The lowest BCUT2D eigenvalue weighted by molar-refractivity contribution is 0.0477. The SMILES string of the molecule is COCOc1cc(Nc2cc(C)[nH]n2)nc(/C=C/c2ccccc2)n1. The molecule has 0 aliphatic rings. The number of H-pyrrole nitrogens is 1. The molecule has 3 rings (SSSR count). The molecule has 0 amide bonds. The molecule has 25 heavy (non-hydrogen) atoms. The van der Waals surface area contributed by atoms with E-state index in [0.717, 1.165) is 11.3 Å². The zero-order valence-corrected chi connectivity index (χ0v) is 14.1. The van der Waals surface area contributed by atoms with Gasteiger partial charge in [0.15, 0.2) is 18.4 Å². The Kier molecular flexibility index (Phi) is 5.38. The maximum Gasteiger partial charge on any atom is 0.221 e. The normalized spacial score (nSPS) is 11.0. The minimum Gasteiger partial charge on any atom is -0.450 e. The smallest absolute Gasteiger partial charge is 0.221 e. The summed E-state index contributed by atoms with van der Waals surface area (Å²) < 4.78 is 10.4. The van der Waals surface area contributed by atoms with Gasteiger partial charge in [-0.15, -0.1) is 0 Å². The Balaban J connectivity index is 1.85. The van der Waals surface area contributed by atoms with Crippen molar-refractivity contribution in [3.63, 3.8) is 0 Å². The number of hydrogen-bond donors (Lipinski definition) is 2. The van der Waals surface area contributed by atoms with E-state index in [4.69, 9.17) is 9.47 Å². The van der Waals surface area contributed by atoms with Gasteiger partial charge in [0.1, 0.15) is 5.82 Å². The second-order valence-corrected chi connectivity index (χ2v) is 5.31. The number of benzene rings is 1. The fourth-order valence-electron chi connectivity index (χ4n) is 2.12. The standard InChI is InChI=1S/C18H19N5O2/c1-13-10-17(23-22-13)20-16-11-18(25-12-24-2)21-15(19-16)9-8-14-6-4-3-5-7-14/h3-11H,12H2,1-2H3,(H2,19,20,21,22,23)/b9-8+. The van der Waals surface area contributed by atoms with E-state index in [2.05, 4.69) is 25.5 Å². The zero-order valence-electron chi connectivity index (χ0n) is 14.1. The highest BCUT2D eigenvalue weighted by atomic mass is 16.7. The number of aryl methyl sites for hydroxylation is 1. The van der Waals surface area contributed by atoms with Crippen LogP contribution in [0.1, 0.15) is 17.1 Å². The van der Waals surface area contributed by atoms with Crippen LogP contribution in [0.3, 0.4) is 0 Å². The van der Waals surface area contributed by atoms with Gasteiger partial charge in [-0.3, -0.25) is 5.10 Å². The highest BCUT2D eigenvalue weighted by Gasteiger charge is 2.06. The lowest BCUT2D eigenvalue weighted by atomic mass is 10.2. The Morgan fingerprint density at radius 2 is 1.92 bits per heavy atom. The quantitative estimate of drug-likeness (QED) is 0.643. The number of methoxy groups -OCH3 is 1. The van der Waals surface area contributed by atoms with Crippen LogP contribution in [0.4, 0.5) is 11.6 Å². The molecule has 7 nitrogen and oxygen atoms in total. The molecule has 0 saturated heterocycles. The van der Waals surface area contributed by atoms with Gasteiger partial charge in [0.2, 0.25) is 5.88 Å². The average Bonchev–Trinajstić information content (AvgIpc) is 3.04. The Morgan fingerprint density at radius 3 is 2.64 bits per heavy atom. The third kappa shape index (κ3) is 4.89. The molecule has 0 aliphatic carbocycles.